The van der Waals surface area contributed by atoms with Gasteiger partial charge in [0.1, 0.15) is 4.88 Å². The van der Waals surface area contributed by atoms with Crippen LogP contribution >= 0.6 is 11.3 Å². The summed E-state index contributed by atoms with van der Waals surface area (Å²) in [5, 5.41) is 3.53. The third-order valence-corrected chi connectivity index (χ3v) is 8.95. The zero-order valence-electron chi connectivity index (χ0n) is 19.2. The van der Waals surface area contributed by atoms with Crippen molar-refractivity contribution in [1.82, 2.24) is 21.2 Å². The summed E-state index contributed by atoms with van der Waals surface area (Å²) in [6.45, 7) is 4.41. The number of aromatic nitrogens is 1. The van der Waals surface area contributed by atoms with Crippen molar-refractivity contribution in [2.45, 2.75) is 51.9 Å². The van der Waals surface area contributed by atoms with Crippen LogP contribution in [0.25, 0.3) is 0 Å². The van der Waals surface area contributed by atoms with Gasteiger partial charge in [-0.1, -0.05) is 11.3 Å². The van der Waals surface area contributed by atoms with E-state index in [4.69, 9.17) is 4.74 Å². The number of ether oxygens (including phenoxy) is 1. The van der Waals surface area contributed by atoms with Gasteiger partial charge < -0.3 is 15.0 Å². The maximum Gasteiger partial charge on any atom is 0.281 e. The minimum absolute atomic E-state index is 0.0631. The molecule has 5 fully saturated rings. The molecule has 0 spiro atoms. The van der Waals surface area contributed by atoms with Gasteiger partial charge >= 0.3 is 0 Å². The fraction of sp³-hybridized carbons (Fsp3) is 0.739. The number of rotatable bonds is 6. The lowest BCUT2D eigenvalue weighted by Gasteiger charge is -2.56. The van der Waals surface area contributed by atoms with Crippen molar-refractivity contribution >= 4 is 34.2 Å². The Bertz CT molecular complexity index is 891. The number of carbonyl (C=O) groups excluding carboxylic acids is 3. The largest absolute Gasteiger partial charge is 0.378 e. The van der Waals surface area contributed by atoms with Gasteiger partial charge in [-0.05, 0) is 68.6 Å². The SMILES string of the molecule is Cc1nc(N2CCOCC2)sc1C(=O)NNC(=O)CNC(=O)CC12CC3CC(CC(C3)C1)C2. The summed E-state index contributed by atoms with van der Waals surface area (Å²) in [6.07, 6.45) is 8.03. The number of thiazole rings is 1. The minimum atomic E-state index is -0.446. The first kappa shape index (κ1) is 22.6. The Balaban J connectivity index is 1.06. The molecule has 0 atom stereocenters. The Hall–Kier alpha value is -2.20. The number of hydrogen-bond acceptors (Lipinski definition) is 7. The van der Waals surface area contributed by atoms with Gasteiger partial charge in [-0.25, -0.2) is 4.98 Å². The summed E-state index contributed by atoms with van der Waals surface area (Å²) in [7, 11) is 0. The molecule has 1 aliphatic heterocycles. The number of amides is 3. The van der Waals surface area contributed by atoms with E-state index in [1.807, 2.05) is 0 Å². The molecule has 3 amide bonds. The van der Waals surface area contributed by atoms with Crippen LogP contribution in [-0.4, -0.2) is 55.6 Å². The van der Waals surface area contributed by atoms with Crippen LogP contribution in [-0.2, 0) is 14.3 Å². The Morgan fingerprint density at radius 3 is 2.30 bits per heavy atom. The van der Waals surface area contributed by atoms with E-state index in [1.54, 1.807) is 6.92 Å². The third-order valence-electron chi connectivity index (χ3n) is 7.74. The number of nitrogens with zero attached hydrogens (tertiary/aromatic N) is 2. The van der Waals surface area contributed by atoms with Crippen LogP contribution in [0.15, 0.2) is 0 Å². The highest BCUT2D eigenvalue weighted by Gasteiger charge is 2.51. The molecule has 6 rings (SSSR count). The quantitative estimate of drug-likeness (QED) is 0.541. The second-order valence-electron chi connectivity index (χ2n) is 10.4. The van der Waals surface area contributed by atoms with Gasteiger partial charge in [0.05, 0.1) is 25.5 Å². The molecule has 10 heteroatoms. The Labute approximate surface area is 198 Å². The molecule has 0 unspecified atom stereocenters. The first-order valence-electron chi connectivity index (χ1n) is 12.1. The number of hydrazine groups is 1. The molecule has 1 aromatic heterocycles. The molecule has 33 heavy (non-hydrogen) atoms. The van der Waals surface area contributed by atoms with E-state index in [-0.39, 0.29) is 17.9 Å². The van der Waals surface area contributed by atoms with Gasteiger partial charge in [-0.2, -0.15) is 0 Å². The van der Waals surface area contributed by atoms with Crippen molar-refractivity contribution in [2.75, 3.05) is 37.7 Å². The average molecular weight is 476 g/mol. The lowest BCUT2D eigenvalue weighted by Crippen LogP contribution is -2.49. The van der Waals surface area contributed by atoms with E-state index in [0.717, 1.165) is 55.2 Å². The molecular weight excluding hydrogens is 442 g/mol. The number of aryl methyl sites for hydroxylation is 1. The predicted molar refractivity (Wildman–Crippen MR) is 124 cm³/mol. The van der Waals surface area contributed by atoms with Gasteiger partial charge in [0.2, 0.25) is 5.91 Å². The van der Waals surface area contributed by atoms with Gasteiger partial charge in [-0.3, -0.25) is 25.2 Å². The third kappa shape index (κ3) is 5.01. The topological polar surface area (TPSA) is 113 Å². The Kier molecular flexibility index (Phi) is 6.30. The smallest absolute Gasteiger partial charge is 0.281 e. The van der Waals surface area contributed by atoms with Crippen molar-refractivity contribution in [1.29, 1.82) is 0 Å². The number of anilines is 1. The molecule has 5 aliphatic rings. The average Bonchev–Trinajstić information content (AvgIpc) is 3.17. The van der Waals surface area contributed by atoms with Gasteiger partial charge in [0.15, 0.2) is 5.13 Å². The van der Waals surface area contributed by atoms with E-state index in [2.05, 4.69) is 26.1 Å². The molecule has 4 saturated carbocycles. The molecule has 2 heterocycles. The van der Waals surface area contributed by atoms with Gasteiger partial charge in [-0.15, -0.1) is 0 Å². The maximum absolute atomic E-state index is 12.6. The van der Waals surface area contributed by atoms with E-state index >= 15 is 0 Å². The molecule has 4 aliphatic carbocycles. The highest BCUT2D eigenvalue weighted by molar-refractivity contribution is 7.17. The number of hydrogen-bond donors (Lipinski definition) is 3. The lowest BCUT2D eigenvalue weighted by molar-refractivity contribution is -0.132. The van der Waals surface area contributed by atoms with Crippen LogP contribution in [0.5, 0.6) is 0 Å². The number of morpholine rings is 1. The standard InChI is InChI=1S/C23H33N5O4S/c1-14-20(33-22(25-14)28-2-4-32-5-3-28)21(31)27-26-19(30)13-24-18(29)12-23-9-15-6-16(10-23)8-17(7-15)11-23/h15-17H,2-13H2,1H3,(H,24,29)(H,26,30)(H,27,31). The second-order valence-corrected chi connectivity index (χ2v) is 11.4. The van der Waals surface area contributed by atoms with Crippen molar-refractivity contribution < 1.29 is 19.1 Å². The first-order valence-corrected chi connectivity index (χ1v) is 12.9. The Morgan fingerprint density at radius 1 is 1.03 bits per heavy atom. The summed E-state index contributed by atoms with van der Waals surface area (Å²) >= 11 is 1.30. The molecule has 0 radical (unpaired) electrons. The molecule has 9 nitrogen and oxygen atoms in total. The van der Waals surface area contributed by atoms with Crippen LogP contribution in [0, 0.1) is 30.1 Å². The summed E-state index contributed by atoms with van der Waals surface area (Å²) in [6, 6.07) is 0. The van der Waals surface area contributed by atoms with Crippen molar-refractivity contribution in [3.05, 3.63) is 10.6 Å². The van der Waals surface area contributed by atoms with E-state index in [0.29, 0.717) is 30.2 Å². The molecule has 3 N–H and O–H groups in total. The fourth-order valence-corrected chi connectivity index (χ4v) is 7.81. The lowest BCUT2D eigenvalue weighted by atomic mass is 9.49. The predicted octanol–water partition coefficient (Wildman–Crippen LogP) is 1.77. The molecular formula is C23H33N5O4S. The van der Waals surface area contributed by atoms with E-state index < -0.39 is 11.8 Å². The van der Waals surface area contributed by atoms with Crippen LogP contribution in [0.3, 0.4) is 0 Å². The zero-order chi connectivity index (χ0) is 23.0. The molecule has 4 bridgehead atoms. The summed E-state index contributed by atoms with van der Waals surface area (Å²) in [5.41, 5.74) is 5.61. The summed E-state index contributed by atoms with van der Waals surface area (Å²) in [5.74, 6) is 1.46. The zero-order valence-corrected chi connectivity index (χ0v) is 20.0. The molecule has 1 aromatic rings. The Morgan fingerprint density at radius 2 is 1.67 bits per heavy atom. The number of nitrogens with one attached hydrogen (secondary N) is 3. The van der Waals surface area contributed by atoms with Crippen molar-refractivity contribution in [3.8, 4) is 0 Å². The highest BCUT2D eigenvalue weighted by atomic mass is 32.1. The van der Waals surface area contributed by atoms with Crippen LogP contribution in [0.1, 0.15) is 60.3 Å². The van der Waals surface area contributed by atoms with Crippen LogP contribution in [0.2, 0.25) is 0 Å². The molecule has 0 aromatic carbocycles. The fourth-order valence-electron chi connectivity index (χ4n) is 6.80. The van der Waals surface area contributed by atoms with Gasteiger partial charge in [0.25, 0.3) is 11.8 Å². The van der Waals surface area contributed by atoms with E-state index in [9.17, 15) is 14.4 Å². The second kappa shape index (κ2) is 9.21. The van der Waals surface area contributed by atoms with Gasteiger partial charge in [0, 0.05) is 19.5 Å². The van der Waals surface area contributed by atoms with Crippen molar-refractivity contribution in [2.24, 2.45) is 23.2 Å². The summed E-state index contributed by atoms with van der Waals surface area (Å²) in [4.78, 5) is 44.4. The summed E-state index contributed by atoms with van der Waals surface area (Å²) < 4.78 is 5.36. The van der Waals surface area contributed by atoms with Crippen LogP contribution in [0.4, 0.5) is 5.13 Å². The van der Waals surface area contributed by atoms with Crippen LogP contribution < -0.4 is 21.1 Å². The van der Waals surface area contributed by atoms with E-state index in [1.165, 1.54) is 30.6 Å². The minimum Gasteiger partial charge on any atom is -0.378 e. The first-order chi connectivity index (χ1) is 15.9. The normalized spacial score (nSPS) is 30.2. The molecule has 180 valence electrons. The monoisotopic (exact) mass is 475 g/mol. The maximum atomic E-state index is 12.6. The van der Waals surface area contributed by atoms with Crippen molar-refractivity contribution in [3.63, 3.8) is 0 Å². The molecule has 1 saturated heterocycles. The highest BCUT2D eigenvalue weighted by Crippen LogP contribution is 2.61. The number of carbonyl (C=O) groups is 3.